The Balaban J connectivity index is 1.81. The van der Waals surface area contributed by atoms with E-state index in [1.54, 1.807) is 0 Å². The maximum Gasteiger partial charge on any atom is 0.161 e. The predicted octanol–water partition coefficient (Wildman–Crippen LogP) is 5.27. The number of benzene rings is 2. The molecule has 0 aliphatic heterocycles. The Morgan fingerprint density at radius 2 is 1.71 bits per heavy atom. The van der Waals surface area contributed by atoms with Gasteiger partial charge in [-0.15, -0.1) is 0 Å². The molecule has 2 aromatic carbocycles. The molecular weight excluding hydrogens is 350 g/mol. The summed E-state index contributed by atoms with van der Waals surface area (Å²) in [6.07, 6.45) is 3.36. The second-order valence-electron chi connectivity index (χ2n) is 6.93. The number of hydrogen-bond donors (Lipinski definition) is 1. The van der Waals surface area contributed by atoms with Gasteiger partial charge in [-0.3, -0.25) is 0 Å². The van der Waals surface area contributed by atoms with Crippen molar-refractivity contribution in [2.75, 3.05) is 26.4 Å². The van der Waals surface area contributed by atoms with Crippen LogP contribution in [-0.2, 0) is 17.9 Å². The van der Waals surface area contributed by atoms with E-state index < -0.39 is 0 Å². The molecule has 2 aromatic rings. The van der Waals surface area contributed by atoms with Crippen molar-refractivity contribution in [3.05, 3.63) is 59.2 Å². The van der Waals surface area contributed by atoms with Gasteiger partial charge >= 0.3 is 0 Å². The molecule has 28 heavy (non-hydrogen) atoms. The summed E-state index contributed by atoms with van der Waals surface area (Å²) >= 11 is 0. The van der Waals surface area contributed by atoms with Crippen LogP contribution in [0.4, 0.5) is 0 Å². The topological polar surface area (TPSA) is 39.7 Å². The lowest BCUT2D eigenvalue weighted by atomic mass is 10.1. The molecule has 0 aliphatic rings. The standard InChI is InChI=1S/C24H35NO3/c1-4-6-15-26-16-9-14-25-18-21-12-13-23(24(17-21)27-5-2)28-19-22-11-8-7-10-20(22)3/h7-8,10-13,17,25H,4-6,9,14-16,18-19H2,1-3H3. The first-order valence-corrected chi connectivity index (χ1v) is 10.5. The van der Waals surface area contributed by atoms with Gasteiger partial charge in [-0.25, -0.2) is 0 Å². The fourth-order valence-corrected chi connectivity index (χ4v) is 2.86. The number of ether oxygens (including phenoxy) is 3. The molecule has 154 valence electrons. The van der Waals surface area contributed by atoms with E-state index in [2.05, 4.69) is 43.4 Å². The van der Waals surface area contributed by atoms with E-state index in [0.29, 0.717) is 13.2 Å². The second-order valence-corrected chi connectivity index (χ2v) is 6.93. The summed E-state index contributed by atoms with van der Waals surface area (Å²) in [6, 6.07) is 14.5. The van der Waals surface area contributed by atoms with Crippen molar-refractivity contribution < 1.29 is 14.2 Å². The van der Waals surface area contributed by atoms with Crippen molar-refractivity contribution in [1.82, 2.24) is 5.32 Å². The molecule has 0 aliphatic carbocycles. The molecule has 4 nitrogen and oxygen atoms in total. The summed E-state index contributed by atoms with van der Waals surface area (Å²) in [5.74, 6) is 1.59. The van der Waals surface area contributed by atoms with Gasteiger partial charge in [0.15, 0.2) is 11.5 Å². The molecule has 4 heteroatoms. The van der Waals surface area contributed by atoms with Gasteiger partial charge in [-0.05, 0) is 62.1 Å². The third-order valence-electron chi connectivity index (χ3n) is 4.57. The van der Waals surface area contributed by atoms with Crippen LogP contribution in [0.1, 0.15) is 49.8 Å². The van der Waals surface area contributed by atoms with Gasteiger partial charge in [0.25, 0.3) is 0 Å². The van der Waals surface area contributed by atoms with Crippen molar-refractivity contribution in [2.45, 2.75) is 53.2 Å². The maximum atomic E-state index is 6.04. The van der Waals surface area contributed by atoms with Gasteiger partial charge in [0.1, 0.15) is 6.61 Å². The Hall–Kier alpha value is -2.04. The highest BCUT2D eigenvalue weighted by atomic mass is 16.5. The van der Waals surface area contributed by atoms with Gasteiger partial charge in [0.05, 0.1) is 6.61 Å². The van der Waals surface area contributed by atoms with E-state index in [1.807, 2.05) is 25.1 Å². The summed E-state index contributed by atoms with van der Waals surface area (Å²) in [4.78, 5) is 0. The van der Waals surface area contributed by atoms with Crippen LogP contribution >= 0.6 is 0 Å². The molecule has 0 saturated heterocycles. The van der Waals surface area contributed by atoms with Crippen molar-refractivity contribution in [3.63, 3.8) is 0 Å². The maximum absolute atomic E-state index is 6.04. The first-order valence-electron chi connectivity index (χ1n) is 10.5. The first-order chi connectivity index (χ1) is 13.7. The molecule has 0 heterocycles. The number of unbranched alkanes of at least 4 members (excludes halogenated alkanes) is 1. The van der Waals surface area contributed by atoms with Gasteiger partial charge < -0.3 is 19.5 Å². The molecule has 0 unspecified atom stereocenters. The van der Waals surface area contributed by atoms with Crippen LogP contribution in [-0.4, -0.2) is 26.4 Å². The van der Waals surface area contributed by atoms with Gasteiger partial charge in [-0.2, -0.15) is 0 Å². The summed E-state index contributed by atoms with van der Waals surface area (Å²) in [7, 11) is 0. The van der Waals surface area contributed by atoms with Crippen LogP contribution in [0.5, 0.6) is 11.5 Å². The minimum Gasteiger partial charge on any atom is -0.490 e. The fraction of sp³-hybridized carbons (Fsp3) is 0.500. The van der Waals surface area contributed by atoms with Crippen LogP contribution in [0.25, 0.3) is 0 Å². The highest BCUT2D eigenvalue weighted by Gasteiger charge is 2.08. The zero-order valence-electron chi connectivity index (χ0n) is 17.6. The van der Waals surface area contributed by atoms with Crippen LogP contribution in [0.2, 0.25) is 0 Å². The minimum atomic E-state index is 0.544. The van der Waals surface area contributed by atoms with Gasteiger partial charge in [0, 0.05) is 19.8 Å². The van der Waals surface area contributed by atoms with Crippen molar-refractivity contribution >= 4 is 0 Å². The van der Waals surface area contributed by atoms with E-state index in [-0.39, 0.29) is 0 Å². The Kier molecular flexibility index (Phi) is 10.5. The predicted molar refractivity (Wildman–Crippen MR) is 115 cm³/mol. The number of hydrogen-bond acceptors (Lipinski definition) is 4. The van der Waals surface area contributed by atoms with E-state index in [9.17, 15) is 0 Å². The lowest BCUT2D eigenvalue weighted by molar-refractivity contribution is 0.129. The van der Waals surface area contributed by atoms with Crippen molar-refractivity contribution in [2.24, 2.45) is 0 Å². The molecule has 0 atom stereocenters. The monoisotopic (exact) mass is 385 g/mol. The largest absolute Gasteiger partial charge is 0.490 e. The molecule has 0 aromatic heterocycles. The molecule has 0 amide bonds. The number of rotatable bonds is 14. The SMILES string of the molecule is CCCCOCCCNCc1ccc(OCc2ccccc2C)c(OCC)c1. The fourth-order valence-electron chi connectivity index (χ4n) is 2.86. The van der Waals surface area contributed by atoms with E-state index in [4.69, 9.17) is 14.2 Å². The lowest BCUT2D eigenvalue weighted by Crippen LogP contribution is -2.16. The van der Waals surface area contributed by atoms with E-state index >= 15 is 0 Å². The quantitative estimate of drug-likeness (QED) is 0.450. The summed E-state index contributed by atoms with van der Waals surface area (Å²) in [5.41, 5.74) is 3.62. The first kappa shape index (κ1) is 22.3. The van der Waals surface area contributed by atoms with Crippen LogP contribution in [0.3, 0.4) is 0 Å². The zero-order valence-corrected chi connectivity index (χ0v) is 17.6. The Morgan fingerprint density at radius 3 is 2.50 bits per heavy atom. The number of nitrogens with one attached hydrogen (secondary N) is 1. The van der Waals surface area contributed by atoms with Gasteiger partial charge in [-0.1, -0.05) is 43.7 Å². The van der Waals surface area contributed by atoms with Crippen molar-refractivity contribution in [1.29, 1.82) is 0 Å². The smallest absolute Gasteiger partial charge is 0.161 e. The summed E-state index contributed by atoms with van der Waals surface area (Å²) < 4.78 is 17.4. The van der Waals surface area contributed by atoms with Gasteiger partial charge in [0.2, 0.25) is 0 Å². The molecule has 2 rings (SSSR count). The third kappa shape index (κ3) is 7.91. The normalized spacial score (nSPS) is 10.8. The Labute approximate surface area is 170 Å². The van der Waals surface area contributed by atoms with Crippen molar-refractivity contribution in [3.8, 4) is 11.5 Å². The molecule has 0 saturated carbocycles. The molecule has 0 spiro atoms. The molecule has 0 bridgehead atoms. The Morgan fingerprint density at radius 1 is 0.893 bits per heavy atom. The minimum absolute atomic E-state index is 0.544. The lowest BCUT2D eigenvalue weighted by Gasteiger charge is -2.14. The van der Waals surface area contributed by atoms with Crippen LogP contribution in [0.15, 0.2) is 42.5 Å². The third-order valence-corrected chi connectivity index (χ3v) is 4.57. The zero-order chi connectivity index (χ0) is 20.0. The van der Waals surface area contributed by atoms with E-state index in [0.717, 1.165) is 50.6 Å². The molecule has 0 radical (unpaired) electrons. The Bertz CT molecular complexity index is 687. The molecule has 0 fully saturated rings. The average Bonchev–Trinajstić information content (AvgIpc) is 2.70. The van der Waals surface area contributed by atoms with E-state index in [1.165, 1.54) is 23.1 Å². The second kappa shape index (κ2) is 13.2. The highest BCUT2D eigenvalue weighted by Crippen LogP contribution is 2.29. The molecular formula is C24H35NO3. The van der Waals surface area contributed by atoms with Crippen LogP contribution < -0.4 is 14.8 Å². The summed E-state index contributed by atoms with van der Waals surface area (Å²) in [5, 5.41) is 3.47. The highest BCUT2D eigenvalue weighted by molar-refractivity contribution is 5.43. The number of aryl methyl sites for hydroxylation is 1. The average molecular weight is 386 g/mol. The van der Waals surface area contributed by atoms with Crippen LogP contribution in [0, 0.1) is 6.92 Å². The summed E-state index contributed by atoms with van der Waals surface area (Å²) in [6.45, 7) is 10.9. The molecule has 1 N–H and O–H groups in total.